The number of Topliss-reactive ketones (excluding diaryl/α,β-unsaturated/α-hetero) is 1. The average Bonchev–Trinajstić information content (AvgIpc) is 3.70. The van der Waals surface area contributed by atoms with Crippen LogP contribution in [0.4, 0.5) is 4.39 Å². The first-order chi connectivity index (χ1) is 19.0. The third-order valence-electron chi connectivity index (χ3n) is 7.50. The Balaban J connectivity index is 1.31. The molecule has 7 nitrogen and oxygen atoms in total. The van der Waals surface area contributed by atoms with Crippen molar-refractivity contribution in [3.8, 4) is 22.8 Å². The van der Waals surface area contributed by atoms with Gasteiger partial charge in [-0.05, 0) is 75.6 Å². The summed E-state index contributed by atoms with van der Waals surface area (Å²) in [5.74, 6) is 0.380. The number of hydrogen-bond donors (Lipinski definition) is 2. The number of ether oxygens (including phenoxy) is 2. The highest BCUT2D eigenvalue weighted by atomic mass is 35.5. The molecule has 206 valence electrons. The molecule has 2 aliphatic rings. The number of fused-ring (bicyclic) bond motifs is 2. The van der Waals surface area contributed by atoms with Crippen molar-refractivity contribution >= 4 is 28.3 Å². The molecule has 1 fully saturated rings. The number of aromatic nitrogens is 2. The molecule has 6 rings (SSSR count). The van der Waals surface area contributed by atoms with Gasteiger partial charge in [-0.25, -0.2) is 9.37 Å². The fraction of sp³-hybridized carbons (Fsp3) is 0.323. The topological polar surface area (TPSA) is 108 Å². The lowest BCUT2D eigenvalue weighted by molar-refractivity contribution is 0.0396. The van der Waals surface area contributed by atoms with E-state index < -0.39 is 17.0 Å². The molecule has 2 atom stereocenters. The van der Waals surface area contributed by atoms with Crippen LogP contribution in [0.25, 0.3) is 22.2 Å². The largest absolute Gasteiger partial charge is 0.489 e. The lowest BCUT2D eigenvalue weighted by Crippen LogP contribution is -2.35. The number of hydrogen-bond acceptors (Lipinski definition) is 7. The molecule has 0 radical (unpaired) electrons. The van der Waals surface area contributed by atoms with Crippen molar-refractivity contribution in [3.63, 3.8) is 0 Å². The Morgan fingerprint density at radius 2 is 2.08 bits per heavy atom. The van der Waals surface area contributed by atoms with E-state index in [2.05, 4.69) is 4.98 Å². The van der Waals surface area contributed by atoms with Crippen LogP contribution in [0.3, 0.4) is 0 Å². The number of aliphatic hydroxyl groups is 1. The van der Waals surface area contributed by atoms with Crippen molar-refractivity contribution in [2.45, 2.75) is 56.8 Å². The fourth-order valence-corrected chi connectivity index (χ4v) is 5.10. The van der Waals surface area contributed by atoms with Crippen LogP contribution >= 0.6 is 11.6 Å². The number of carbonyl (C=O) groups excluding carboxylic acids is 1. The van der Waals surface area contributed by atoms with Gasteiger partial charge in [0.2, 0.25) is 0 Å². The summed E-state index contributed by atoms with van der Waals surface area (Å²) in [6.07, 6.45) is 4.01. The minimum atomic E-state index is -1.48. The molecule has 1 saturated carbocycles. The van der Waals surface area contributed by atoms with E-state index in [0.717, 1.165) is 23.7 Å². The van der Waals surface area contributed by atoms with Crippen molar-refractivity contribution in [1.82, 2.24) is 9.97 Å². The van der Waals surface area contributed by atoms with Gasteiger partial charge in [-0.1, -0.05) is 17.7 Å². The van der Waals surface area contributed by atoms with Gasteiger partial charge in [-0.3, -0.25) is 9.78 Å². The van der Waals surface area contributed by atoms with Gasteiger partial charge in [0.1, 0.15) is 35.0 Å². The highest BCUT2D eigenvalue weighted by Crippen LogP contribution is 2.44. The molecule has 4 aromatic rings. The number of halogens is 2. The van der Waals surface area contributed by atoms with E-state index in [1.807, 2.05) is 19.1 Å². The van der Waals surface area contributed by atoms with Gasteiger partial charge in [0, 0.05) is 34.7 Å². The van der Waals surface area contributed by atoms with Gasteiger partial charge in [-0.15, -0.1) is 0 Å². The Kier molecular flexibility index (Phi) is 6.52. The summed E-state index contributed by atoms with van der Waals surface area (Å²) in [5.41, 5.74) is 7.36. The predicted molar refractivity (Wildman–Crippen MR) is 150 cm³/mol. The molecule has 3 heterocycles. The number of carbonyl (C=O) groups is 1. The lowest BCUT2D eigenvalue weighted by atomic mass is 9.88. The molecular formula is C31H29ClFN3O4. The zero-order valence-corrected chi connectivity index (χ0v) is 23.0. The maximum Gasteiger partial charge on any atom is 0.163 e. The minimum Gasteiger partial charge on any atom is -0.489 e. The third kappa shape index (κ3) is 5.03. The highest BCUT2D eigenvalue weighted by Gasteiger charge is 2.38. The maximum absolute atomic E-state index is 13.9. The van der Waals surface area contributed by atoms with Gasteiger partial charge in [0.15, 0.2) is 11.5 Å². The van der Waals surface area contributed by atoms with Gasteiger partial charge in [0.25, 0.3) is 0 Å². The van der Waals surface area contributed by atoms with Crippen LogP contribution in [0.1, 0.15) is 61.1 Å². The molecule has 2 aromatic carbocycles. The number of rotatable bonds is 8. The molecule has 9 heteroatoms. The lowest BCUT2D eigenvalue weighted by Gasteiger charge is -2.25. The van der Waals surface area contributed by atoms with E-state index in [0.29, 0.717) is 39.6 Å². The predicted octanol–water partition coefficient (Wildman–Crippen LogP) is 6.07. The van der Waals surface area contributed by atoms with E-state index in [1.165, 1.54) is 12.1 Å². The van der Waals surface area contributed by atoms with Gasteiger partial charge < -0.3 is 20.3 Å². The standard InChI is InChI=1S/C31H29ClFN3O4/c1-30(34)16-39-29-21(30)15-26(36-28(29)18-5-8-23(33)22(32)13-18)31(2,38)10-9-24(37)19-12-17-4-3-11-35-27(17)25(14-19)40-20-6-7-20/h3-5,8,11-15,20,38H,6-7,9-10,16,34H2,1-2H3/t30-,31-/m0/s1. The van der Waals surface area contributed by atoms with Crippen LogP contribution in [-0.4, -0.2) is 33.6 Å². The van der Waals surface area contributed by atoms with Crippen LogP contribution in [0.2, 0.25) is 5.02 Å². The van der Waals surface area contributed by atoms with Crippen molar-refractivity contribution in [2.24, 2.45) is 5.73 Å². The fourth-order valence-electron chi connectivity index (χ4n) is 4.92. The zero-order chi connectivity index (χ0) is 28.2. The number of ketones is 1. The Hall–Kier alpha value is -3.59. The van der Waals surface area contributed by atoms with Crippen LogP contribution < -0.4 is 15.2 Å². The molecule has 0 bridgehead atoms. The summed E-state index contributed by atoms with van der Waals surface area (Å²) in [6.45, 7) is 3.67. The van der Waals surface area contributed by atoms with Crippen molar-refractivity contribution in [3.05, 3.63) is 82.4 Å². The summed E-state index contributed by atoms with van der Waals surface area (Å²) in [7, 11) is 0. The van der Waals surface area contributed by atoms with E-state index in [-0.39, 0.29) is 36.4 Å². The molecular weight excluding hydrogens is 533 g/mol. The normalized spacial score (nSPS) is 19.6. The third-order valence-corrected chi connectivity index (χ3v) is 7.79. The maximum atomic E-state index is 13.9. The molecule has 0 unspecified atom stereocenters. The van der Waals surface area contributed by atoms with Crippen LogP contribution in [0.15, 0.2) is 54.7 Å². The summed E-state index contributed by atoms with van der Waals surface area (Å²) < 4.78 is 25.8. The second kappa shape index (κ2) is 9.80. The van der Waals surface area contributed by atoms with Gasteiger partial charge in [0.05, 0.1) is 22.4 Å². The number of pyridine rings is 2. The van der Waals surface area contributed by atoms with Crippen molar-refractivity contribution in [1.29, 1.82) is 0 Å². The summed E-state index contributed by atoms with van der Waals surface area (Å²) in [4.78, 5) is 22.5. The second-order valence-corrected chi connectivity index (χ2v) is 11.5. The monoisotopic (exact) mass is 561 g/mol. The highest BCUT2D eigenvalue weighted by molar-refractivity contribution is 6.31. The Labute approximate surface area is 236 Å². The number of nitrogens with two attached hydrogens (primary N) is 1. The molecule has 0 saturated heterocycles. The average molecular weight is 562 g/mol. The summed E-state index contributed by atoms with van der Waals surface area (Å²) in [5, 5.41) is 12.4. The number of benzene rings is 2. The smallest absolute Gasteiger partial charge is 0.163 e. The first kappa shape index (κ1) is 26.6. The zero-order valence-electron chi connectivity index (χ0n) is 22.2. The van der Waals surface area contributed by atoms with Gasteiger partial charge in [-0.2, -0.15) is 0 Å². The quantitative estimate of drug-likeness (QED) is 0.251. The van der Waals surface area contributed by atoms with E-state index >= 15 is 0 Å². The summed E-state index contributed by atoms with van der Waals surface area (Å²) >= 11 is 6.05. The molecule has 40 heavy (non-hydrogen) atoms. The van der Waals surface area contributed by atoms with Crippen LogP contribution in [0, 0.1) is 5.82 Å². The minimum absolute atomic E-state index is 0.0556. The Bertz CT molecular complexity index is 1650. The van der Waals surface area contributed by atoms with E-state index in [9.17, 15) is 14.3 Å². The first-order valence-electron chi connectivity index (χ1n) is 13.3. The van der Waals surface area contributed by atoms with Gasteiger partial charge >= 0.3 is 0 Å². The molecule has 0 amide bonds. The second-order valence-electron chi connectivity index (χ2n) is 11.1. The van der Waals surface area contributed by atoms with E-state index in [1.54, 1.807) is 37.4 Å². The Morgan fingerprint density at radius 3 is 2.83 bits per heavy atom. The van der Waals surface area contributed by atoms with Crippen LogP contribution in [0.5, 0.6) is 11.5 Å². The summed E-state index contributed by atoms with van der Waals surface area (Å²) in [6, 6.07) is 13.3. The van der Waals surface area contributed by atoms with E-state index in [4.69, 9.17) is 31.8 Å². The number of nitrogens with zero attached hydrogens (tertiary/aromatic N) is 2. The Morgan fingerprint density at radius 1 is 1.27 bits per heavy atom. The molecule has 0 spiro atoms. The molecule has 1 aliphatic heterocycles. The van der Waals surface area contributed by atoms with Crippen molar-refractivity contribution in [2.75, 3.05) is 6.61 Å². The van der Waals surface area contributed by atoms with Crippen LogP contribution in [-0.2, 0) is 11.1 Å². The van der Waals surface area contributed by atoms with Crippen molar-refractivity contribution < 1.29 is 23.8 Å². The molecule has 2 aromatic heterocycles. The first-order valence-corrected chi connectivity index (χ1v) is 13.6. The molecule has 1 aliphatic carbocycles. The molecule has 3 N–H and O–H groups in total. The SMILES string of the molecule is C[C@]1(N)COc2c1cc([C@@](C)(O)CCC(=O)c1cc(OC3CC3)c3ncccc3c1)nc2-c1ccc(F)c(Cl)c1.